The topological polar surface area (TPSA) is 78.4 Å². The molecule has 0 unspecified atom stereocenters. The molecule has 3 N–H and O–H groups in total. The highest BCUT2D eigenvalue weighted by molar-refractivity contribution is 7.08. The molecule has 2 amide bonds. The van der Waals surface area contributed by atoms with Gasteiger partial charge in [0.15, 0.2) is 0 Å². The van der Waals surface area contributed by atoms with Crippen molar-refractivity contribution >= 4 is 29.0 Å². The van der Waals surface area contributed by atoms with Gasteiger partial charge in [-0.3, -0.25) is 0 Å². The standard InChI is InChI=1S/C13H18N2O3S/c16-11(17)13(6-3-1-2-4-7-13)15-12(18)14-10-5-8-19-9-10/h5,8-9H,1-4,6-7H2,(H,16,17)(H2,14,15,18). The van der Waals surface area contributed by atoms with Crippen molar-refractivity contribution in [2.24, 2.45) is 0 Å². The highest BCUT2D eigenvalue weighted by Crippen LogP contribution is 2.27. The van der Waals surface area contributed by atoms with E-state index in [1.165, 1.54) is 11.3 Å². The number of nitrogens with one attached hydrogen (secondary N) is 2. The minimum atomic E-state index is -1.11. The van der Waals surface area contributed by atoms with Crippen LogP contribution >= 0.6 is 11.3 Å². The number of carboxylic acids is 1. The Morgan fingerprint density at radius 1 is 1.21 bits per heavy atom. The van der Waals surface area contributed by atoms with Crippen molar-refractivity contribution in [3.63, 3.8) is 0 Å². The van der Waals surface area contributed by atoms with Gasteiger partial charge >= 0.3 is 12.0 Å². The van der Waals surface area contributed by atoms with Crippen LogP contribution in [0.15, 0.2) is 16.8 Å². The summed E-state index contributed by atoms with van der Waals surface area (Å²) in [7, 11) is 0. The van der Waals surface area contributed by atoms with E-state index in [1.54, 1.807) is 11.4 Å². The fraction of sp³-hybridized carbons (Fsp3) is 0.538. The van der Waals surface area contributed by atoms with Gasteiger partial charge < -0.3 is 15.7 Å². The van der Waals surface area contributed by atoms with Crippen LogP contribution in [-0.4, -0.2) is 22.6 Å². The smallest absolute Gasteiger partial charge is 0.329 e. The SMILES string of the molecule is O=C(Nc1ccsc1)NC1(C(=O)O)CCCCCC1. The van der Waals surface area contributed by atoms with Crippen LogP contribution in [-0.2, 0) is 4.79 Å². The molecule has 1 aliphatic carbocycles. The van der Waals surface area contributed by atoms with Crippen LogP contribution in [0.5, 0.6) is 0 Å². The second-order valence-electron chi connectivity index (χ2n) is 4.89. The van der Waals surface area contributed by atoms with E-state index < -0.39 is 17.5 Å². The van der Waals surface area contributed by atoms with Crippen molar-refractivity contribution in [2.45, 2.75) is 44.1 Å². The zero-order chi connectivity index (χ0) is 13.7. The van der Waals surface area contributed by atoms with E-state index in [-0.39, 0.29) is 0 Å². The maximum atomic E-state index is 11.9. The molecule has 0 atom stereocenters. The van der Waals surface area contributed by atoms with Gasteiger partial charge in [0.25, 0.3) is 0 Å². The predicted molar refractivity (Wildman–Crippen MR) is 74.5 cm³/mol. The Bertz CT molecular complexity index is 437. The van der Waals surface area contributed by atoms with Gasteiger partial charge in [-0.05, 0) is 24.3 Å². The van der Waals surface area contributed by atoms with Crippen molar-refractivity contribution in [3.8, 4) is 0 Å². The molecule has 1 heterocycles. The second-order valence-corrected chi connectivity index (χ2v) is 5.67. The summed E-state index contributed by atoms with van der Waals surface area (Å²) in [5.41, 5.74) is -0.423. The lowest BCUT2D eigenvalue weighted by Gasteiger charge is -2.29. The summed E-state index contributed by atoms with van der Waals surface area (Å²) in [4.78, 5) is 23.4. The Morgan fingerprint density at radius 2 is 1.89 bits per heavy atom. The van der Waals surface area contributed by atoms with Gasteiger partial charge in [0.2, 0.25) is 0 Å². The van der Waals surface area contributed by atoms with Crippen LogP contribution in [0.3, 0.4) is 0 Å². The number of hydrogen-bond acceptors (Lipinski definition) is 3. The first-order valence-corrected chi connectivity index (χ1v) is 7.41. The fourth-order valence-electron chi connectivity index (χ4n) is 2.44. The number of amides is 2. The molecule has 1 aromatic heterocycles. The minimum Gasteiger partial charge on any atom is -0.480 e. The number of urea groups is 1. The molecule has 0 spiro atoms. The third-order valence-corrected chi connectivity index (χ3v) is 4.18. The largest absolute Gasteiger partial charge is 0.480 e. The minimum absolute atomic E-state index is 0.442. The van der Waals surface area contributed by atoms with Gasteiger partial charge in [0.05, 0.1) is 5.69 Å². The molecule has 0 aromatic carbocycles. The summed E-state index contributed by atoms with van der Waals surface area (Å²) in [5.74, 6) is -0.935. The number of carbonyl (C=O) groups excluding carboxylic acids is 1. The van der Waals surface area contributed by atoms with Gasteiger partial charge in [-0.1, -0.05) is 25.7 Å². The zero-order valence-electron chi connectivity index (χ0n) is 10.6. The van der Waals surface area contributed by atoms with Gasteiger partial charge in [-0.25, -0.2) is 9.59 Å². The van der Waals surface area contributed by atoms with Gasteiger partial charge in [-0.2, -0.15) is 11.3 Å². The van der Waals surface area contributed by atoms with Crippen LogP contribution in [0.1, 0.15) is 38.5 Å². The summed E-state index contributed by atoms with van der Waals surface area (Å²) in [6.45, 7) is 0. The number of anilines is 1. The lowest BCUT2D eigenvalue weighted by molar-refractivity contribution is -0.145. The van der Waals surface area contributed by atoms with E-state index in [2.05, 4.69) is 10.6 Å². The van der Waals surface area contributed by atoms with Crippen molar-refractivity contribution < 1.29 is 14.7 Å². The second kappa shape index (κ2) is 6.06. The molecule has 0 radical (unpaired) electrons. The quantitative estimate of drug-likeness (QED) is 0.746. The molecule has 0 aliphatic heterocycles. The summed E-state index contributed by atoms with van der Waals surface area (Å²) in [5, 5.41) is 18.4. The number of carboxylic acid groups (broad SMARTS) is 1. The average molecular weight is 282 g/mol. The van der Waals surface area contributed by atoms with Crippen molar-refractivity contribution in [1.29, 1.82) is 0 Å². The lowest BCUT2D eigenvalue weighted by atomic mass is 9.90. The van der Waals surface area contributed by atoms with Gasteiger partial charge in [0.1, 0.15) is 5.54 Å². The normalized spacial score (nSPS) is 18.3. The van der Waals surface area contributed by atoms with E-state index in [0.29, 0.717) is 18.5 Å². The molecule has 104 valence electrons. The molecular weight excluding hydrogens is 264 g/mol. The van der Waals surface area contributed by atoms with E-state index >= 15 is 0 Å². The highest BCUT2D eigenvalue weighted by Gasteiger charge is 2.40. The first-order valence-electron chi connectivity index (χ1n) is 6.47. The Morgan fingerprint density at radius 3 is 2.42 bits per heavy atom. The molecule has 1 fully saturated rings. The average Bonchev–Trinajstić information content (AvgIpc) is 2.73. The zero-order valence-corrected chi connectivity index (χ0v) is 11.5. The van der Waals surface area contributed by atoms with Crippen LogP contribution < -0.4 is 10.6 Å². The molecule has 5 nitrogen and oxygen atoms in total. The van der Waals surface area contributed by atoms with Crippen molar-refractivity contribution in [2.75, 3.05) is 5.32 Å². The predicted octanol–water partition coefficient (Wildman–Crippen LogP) is 3.05. The summed E-state index contributed by atoms with van der Waals surface area (Å²) < 4.78 is 0. The molecule has 1 aliphatic rings. The summed E-state index contributed by atoms with van der Waals surface area (Å²) >= 11 is 1.48. The lowest BCUT2D eigenvalue weighted by Crippen LogP contribution is -2.55. The first-order chi connectivity index (χ1) is 9.12. The number of thiophene rings is 1. The van der Waals surface area contributed by atoms with E-state index in [0.717, 1.165) is 25.7 Å². The molecule has 0 bridgehead atoms. The maximum Gasteiger partial charge on any atom is 0.329 e. The van der Waals surface area contributed by atoms with Crippen LogP contribution in [0.25, 0.3) is 0 Å². The van der Waals surface area contributed by atoms with Crippen LogP contribution in [0.2, 0.25) is 0 Å². The molecule has 6 heteroatoms. The molecule has 1 aromatic rings. The van der Waals surface area contributed by atoms with Gasteiger partial charge in [0, 0.05) is 5.38 Å². The van der Waals surface area contributed by atoms with E-state index in [9.17, 15) is 14.7 Å². The fourth-order valence-corrected chi connectivity index (χ4v) is 3.03. The summed E-state index contributed by atoms with van der Waals surface area (Å²) in [6.07, 6.45) is 4.74. The van der Waals surface area contributed by atoms with Crippen LogP contribution in [0, 0.1) is 0 Å². The Hall–Kier alpha value is -1.56. The number of rotatable bonds is 3. The third kappa shape index (κ3) is 3.47. The molecule has 2 rings (SSSR count). The number of aliphatic carboxylic acids is 1. The van der Waals surface area contributed by atoms with Crippen molar-refractivity contribution in [1.82, 2.24) is 5.32 Å². The maximum absolute atomic E-state index is 11.9. The highest BCUT2D eigenvalue weighted by atomic mass is 32.1. The Labute approximate surface area is 116 Å². The van der Waals surface area contributed by atoms with E-state index in [4.69, 9.17) is 0 Å². The monoisotopic (exact) mass is 282 g/mol. The first kappa shape index (κ1) is 13.9. The number of carbonyl (C=O) groups is 2. The Balaban J connectivity index is 2.03. The Kier molecular flexibility index (Phi) is 4.42. The number of hydrogen-bond donors (Lipinski definition) is 3. The van der Waals surface area contributed by atoms with Crippen LogP contribution in [0.4, 0.5) is 10.5 Å². The molecule has 0 saturated heterocycles. The summed E-state index contributed by atoms with van der Waals surface area (Å²) in [6, 6.07) is 1.34. The molecule has 1 saturated carbocycles. The molecular formula is C13H18N2O3S. The molecule has 19 heavy (non-hydrogen) atoms. The van der Waals surface area contributed by atoms with Gasteiger partial charge in [-0.15, -0.1) is 0 Å². The van der Waals surface area contributed by atoms with E-state index in [1.807, 2.05) is 5.38 Å². The third-order valence-electron chi connectivity index (χ3n) is 3.50. The van der Waals surface area contributed by atoms with Crippen molar-refractivity contribution in [3.05, 3.63) is 16.8 Å².